The first-order valence-electron chi connectivity index (χ1n) is 5.18. The molecule has 0 fully saturated rings. The van der Waals surface area contributed by atoms with Crippen molar-refractivity contribution in [3.63, 3.8) is 0 Å². The predicted octanol–water partition coefficient (Wildman–Crippen LogP) is 3.74. The minimum atomic E-state index is -0.546. The quantitative estimate of drug-likeness (QED) is 0.751. The van der Waals surface area contributed by atoms with Crippen molar-refractivity contribution in [1.82, 2.24) is 0 Å². The van der Waals surface area contributed by atoms with E-state index in [2.05, 4.69) is 0 Å². The summed E-state index contributed by atoms with van der Waals surface area (Å²) in [5.41, 5.74) is 1.40. The second-order valence-electron chi connectivity index (χ2n) is 3.72. The number of rotatable bonds is 3. The summed E-state index contributed by atoms with van der Waals surface area (Å²) in [5, 5.41) is 0. The van der Waals surface area contributed by atoms with E-state index in [9.17, 15) is 9.18 Å². The van der Waals surface area contributed by atoms with Crippen molar-refractivity contribution in [2.75, 3.05) is 0 Å². The highest BCUT2D eigenvalue weighted by Gasteiger charge is 2.05. The van der Waals surface area contributed by atoms with Crippen LogP contribution in [0.1, 0.15) is 15.9 Å². The minimum absolute atomic E-state index is 0.111. The van der Waals surface area contributed by atoms with Crippen molar-refractivity contribution in [2.45, 2.75) is 6.92 Å². The van der Waals surface area contributed by atoms with E-state index in [1.807, 2.05) is 19.1 Å². The summed E-state index contributed by atoms with van der Waals surface area (Å²) < 4.78 is 18.9. The molecule has 0 saturated heterocycles. The Balaban J connectivity index is 2.24. The number of aldehydes is 1. The van der Waals surface area contributed by atoms with Gasteiger partial charge >= 0.3 is 0 Å². The highest BCUT2D eigenvalue weighted by Crippen LogP contribution is 2.24. The van der Waals surface area contributed by atoms with Gasteiger partial charge in [-0.3, -0.25) is 4.79 Å². The molecule has 0 aliphatic carbocycles. The summed E-state index contributed by atoms with van der Waals surface area (Å²) in [5.74, 6) is 0.128. The molecule has 0 N–H and O–H groups in total. The number of hydrogen-bond acceptors (Lipinski definition) is 2. The van der Waals surface area contributed by atoms with Crippen molar-refractivity contribution in [3.05, 3.63) is 59.4 Å². The van der Waals surface area contributed by atoms with Gasteiger partial charge in [0.05, 0.1) is 0 Å². The minimum Gasteiger partial charge on any atom is -0.454 e. The first-order valence-corrected chi connectivity index (χ1v) is 5.18. The lowest BCUT2D eigenvalue weighted by Crippen LogP contribution is -1.90. The highest BCUT2D eigenvalue weighted by atomic mass is 19.1. The maximum Gasteiger partial charge on any atom is 0.166 e. The zero-order valence-electron chi connectivity index (χ0n) is 9.31. The molecule has 17 heavy (non-hydrogen) atoms. The number of benzene rings is 2. The van der Waals surface area contributed by atoms with Gasteiger partial charge in [0.1, 0.15) is 12.0 Å². The molecule has 2 rings (SSSR count). The summed E-state index contributed by atoms with van der Waals surface area (Å²) in [6, 6.07) is 11.4. The fraction of sp³-hybridized carbons (Fsp3) is 0.0714. The Morgan fingerprint density at radius 1 is 1.12 bits per heavy atom. The van der Waals surface area contributed by atoms with E-state index in [1.54, 1.807) is 12.1 Å². The largest absolute Gasteiger partial charge is 0.454 e. The summed E-state index contributed by atoms with van der Waals surface area (Å²) in [7, 11) is 0. The van der Waals surface area contributed by atoms with Gasteiger partial charge in [-0.25, -0.2) is 4.39 Å². The standard InChI is InChI=1S/C14H11FO2/c1-10-2-5-12(6-3-10)17-14-7-4-11(9-16)8-13(14)15/h2-9H,1H3. The molecule has 0 radical (unpaired) electrons. The highest BCUT2D eigenvalue weighted by molar-refractivity contribution is 5.75. The van der Waals surface area contributed by atoms with Crippen LogP contribution in [0.2, 0.25) is 0 Å². The van der Waals surface area contributed by atoms with Crippen LogP contribution >= 0.6 is 0 Å². The Bertz CT molecular complexity index is 532. The Morgan fingerprint density at radius 2 is 1.82 bits per heavy atom. The third-order valence-electron chi connectivity index (χ3n) is 2.34. The fourth-order valence-electron chi connectivity index (χ4n) is 1.41. The molecule has 0 amide bonds. The van der Waals surface area contributed by atoms with Gasteiger partial charge in [-0.2, -0.15) is 0 Å². The van der Waals surface area contributed by atoms with Crippen LogP contribution in [-0.2, 0) is 0 Å². The lowest BCUT2D eigenvalue weighted by molar-refractivity contribution is 0.112. The number of ether oxygens (including phenoxy) is 1. The molecular weight excluding hydrogens is 219 g/mol. The van der Waals surface area contributed by atoms with E-state index in [4.69, 9.17) is 4.74 Å². The molecule has 2 nitrogen and oxygen atoms in total. The smallest absolute Gasteiger partial charge is 0.166 e. The van der Waals surface area contributed by atoms with E-state index < -0.39 is 5.82 Å². The normalized spacial score (nSPS) is 10.0. The van der Waals surface area contributed by atoms with E-state index in [0.29, 0.717) is 17.6 Å². The molecule has 2 aromatic rings. The molecule has 3 heteroatoms. The van der Waals surface area contributed by atoms with E-state index in [-0.39, 0.29) is 5.75 Å². The Hall–Kier alpha value is -2.16. The zero-order valence-corrected chi connectivity index (χ0v) is 9.31. The van der Waals surface area contributed by atoms with Crippen LogP contribution in [0.3, 0.4) is 0 Å². The van der Waals surface area contributed by atoms with Crippen LogP contribution in [0.4, 0.5) is 4.39 Å². The SMILES string of the molecule is Cc1ccc(Oc2ccc(C=O)cc2F)cc1. The molecule has 0 aliphatic rings. The molecule has 0 spiro atoms. The monoisotopic (exact) mass is 230 g/mol. The van der Waals surface area contributed by atoms with Crippen molar-refractivity contribution in [3.8, 4) is 11.5 Å². The number of carbonyl (C=O) groups is 1. The number of aryl methyl sites for hydroxylation is 1. The van der Waals surface area contributed by atoms with Gasteiger partial charge in [-0.1, -0.05) is 17.7 Å². The second-order valence-corrected chi connectivity index (χ2v) is 3.72. The van der Waals surface area contributed by atoms with E-state index in [1.165, 1.54) is 12.1 Å². The van der Waals surface area contributed by atoms with Gasteiger partial charge < -0.3 is 4.74 Å². The maximum absolute atomic E-state index is 13.5. The average Bonchev–Trinajstić information content (AvgIpc) is 2.34. The molecule has 0 saturated carbocycles. The van der Waals surface area contributed by atoms with Crippen LogP contribution in [0.5, 0.6) is 11.5 Å². The first kappa shape index (κ1) is 11.3. The Morgan fingerprint density at radius 3 is 2.41 bits per heavy atom. The molecule has 0 aromatic heterocycles. The number of halogens is 1. The topological polar surface area (TPSA) is 26.3 Å². The molecular formula is C14H11FO2. The molecule has 0 unspecified atom stereocenters. The zero-order chi connectivity index (χ0) is 12.3. The summed E-state index contributed by atoms with van der Waals surface area (Å²) in [6.07, 6.45) is 0.596. The van der Waals surface area contributed by atoms with Crippen LogP contribution in [0.25, 0.3) is 0 Å². The molecule has 0 bridgehead atoms. The van der Waals surface area contributed by atoms with Crippen LogP contribution in [0.15, 0.2) is 42.5 Å². The van der Waals surface area contributed by atoms with Crippen LogP contribution < -0.4 is 4.74 Å². The second kappa shape index (κ2) is 4.78. The Labute approximate surface area is 98.7 Å². The average molecular weight is 230 g/mol. The van der Waals surface area contributed by atoms with Crippen molar-refractivity contribution in [1.29, 1.82) is 0 Å². The number of carbonyl (C=O) groups excluding carboxylic acids is 1. The Kier molecular flexibility index (Phi) is 3.19. The van der Waals surface area contributed by atoms with Gasteiger partial charge in [-0.05, 0) is 37.3 Å². The van der Waals surface area contributed by atoms with Crippen molar-refractivity contribution >= 4 is 6.29 Å². The van der Waals surface area contributed by atoms with Gasteiger partial charge in [0.2, 0.25) is 0 Å². The number of hydrogen-bond donors (Lipinski definition) is 0. The maximum atomic E-state index is 13.5. The van der Waals surface area contributed by atoms with Crippen LogP contribution in [0, 0.1) is 12.7 Å². The van der Waals surface area contributed by atoms with E-state index >= 15 is 0 Å². The van der Waals surface area contributed by atoms with Crippen molar-refractivity contribution < 1.29 is 13.9 Å². The van der Waals surface area contributed by atoms with Gasteiger partial charge in [0.15, 0.2) is 11.6 Å². The molecule has 0 atom stereocenters. The first-order chi connectivity index (χ1) is 8.19. The van der Waals surface area contributed by atoms with Gasteiger partial charge in [0, 0.05) is 5.56 Å². The van der Waals surface area contributed by atoms with Crippen LogP contribution in [-0.4, -0.2) is 6.29 Å². The van der Waals surface area contributed by atoms with Gasteiger partial charge in [0.25, 0.3) is 0 Å². The third-order valence-corrected chi connectivity index (χ3v) is 2.34. The third kappa shape index (κ3) is 2.69. The molecule has 0 aliphatic heterocycles. The molecule has 0 heterocycles. The van der Waals surface area contributed by atoms with Gasteiger partial charge in [-0.15, -0.1) is 0 Å². The predicted molar refractivity (Wildman–Crippen MR) is 63.0 cm³/mol. The van der Waals surface area contributed by atoms with E-state index in [0.717, 1.165) is 11.6 Å². The fourth-order valence-corrected chi connectivity index (χ4v) is 1.41. The molecule has 2 aromatic carbocycles. The lowest BCUT2D eigenvalue weighted by atomic mass is 10.2. The summed E-state index contributed by atoms with van der Waals surface area (Å²) >= 11 is 0. The summed E-state index contributed by atoms with van der Waals surface area (Å²) in [6.45, 7) is 1.96. The summed E-state index contributed by atoms with van der Waals surface area (Å²) in [4.78, 5) is 10.5. The lowest BCUT2D eigenvalue weighted by Gasteiger charge is -2.07. The molecule has 86 valence electrons. The van der Waals surface area contributed by atoms with Crippen molar-refractivity contribution in [2.24, 2.45) is 0 Å².